The average molecular weight is 526 g/mol. The third kappa shape index (κ3) is 4.05. The van der Waals surface area contributed by atoms with Gasteiger partial charge in [0.2, 0.25) is 0 Å². The number of nitrogens with zero attached hydrogens (tertiary/aromatic N) is 3. The van der Waals surface area contributed by atoms with E-state index in [-0.39, 0.29) is 0 Å². The summed E-state index contributed by atoms with van der Waals surface area (Å²) in [5.41, 5.74) is 6.79. The molecular formula is C37H23N3O. The number of rotatable bonds is 4. The second-order valence-corrected chi connectivity index (χ2v) is 10.1. The van der Waals surface area contributed by atoms with Gasteiger partial charge in [0.25, 0.3) is 0 Å². The molecule has 0 N–H and O–H groups in total. The normalized spacial score (nSPS) is 11.4. The molecule has 4 nitrogen and oxygen atoms in total. The van der Waals surface area contributed by atoms with Crippen LogP contribution in [-0.4, -0.2) is 15.0 Å². The van der Waals surface area contributed by atoms with Crippen LogP contribution in [0.5, 0.6) is 0 Å². The molecule has 0 aliphatic carbocycles. The summed E-state index contributed by atoms with van der Waals surface area (Å²) in [6.45, 7) is 0. The lowest BCUT2D eigenvalue weighted by Crippen LogP contribution is -2.00. The summed E-state index contributed by atoms with van der Waals surface area (Å²) < 4.78 is 6.19. The third-order valence-corrected chi connectivity index (χ3v) is 7.54. The van der Waals surface area contributed by atoms with Gasteiger partial charge >= 0.3 is 0 Å². The fourth-order valence-electron chi connectivity index (χ4n) is 5.57. The van der Waals surface area contributed by atoms with Gasteiger partial charge in [0.05, 0.1) is 0 Å². The van der Waals surface area contributed by atoms with Crippen LogP contribution >= 0.6 is 0 Å². The summed E-state index contributed by atoms with van der Waals surface area (Å²) in [4.78, 5) is 15.2. The van der Waals surface area contributed by atoms with E-state index in [9.17, 15) is 0 Å². The van der Waals surface area contributed by atoms with Gasteiger partial charge in [-0.15, -0.1) is 0 Å². The van der Waals surface area contributed by atoms with Crippen molar-refractivity contribution in [2.24, 2.45) is 0 Å². The fourth-order valence-corrected chi connectivity index (χ4v) is 5.57. The number of furan rings is 1. The van der Waals surface area contributed by atoms with Crippen molar-refractivity contribution in [3.05, 3.63) is 140 Å². The first-order valence-electron chi connectivity index (χ1n) is 13.6. The quantitative estimate of drug-likeness (QED) is 0.230. The van der Waals surface area contributed by atoms with Gasteiger partial charge < -0.3 is 4.42 Å². The Morgan fingerprint density at radius 1 is 0.390 bits per heavy atom. The maximum atomic E-state index is 6.19. The Hall–Kier alpha value is -5.61. The monoisotopic (exact) mass is 525 g/mol. The molecule has 0 aliphatic heterocycles. The lowest BCUT2D eigenvalue weighted by molar-refractivity contribution is 0.669. The van der Waals surface area contributed by atoms with E-state index >= 15 is 0 Å². The van der Waals surface area contributed by atoms with Gasteiger partial charge in [-0.3, -0.25) is 0 Å². The first kappa shape index (κ1) is 23.3. The van der Waals surface area contributed by atoms with E-state index < -0.39 is 0 Å². The predicted octanol–water partition coefficient (Wildman–Crippen LogP) is 9.59. The number of fused-ring (bicyclic) bond motifs is 4. The van der Waals surface area contributed by atoms with Crippen molar-refractivity contribution in [1.29, 1.82) is 0 Å². The standard InChI is InChI=1S/C37H23N3O/c1-3-11-24(12-4-1)27-22-21-25-15-9-17-28(31(25)23-27)36-38-35(26-13-5-2-6-14-26)39-37(40-36)30-18-10-20-33-34(30)29-16-7-8-19-32(29)41-33/h1-23H. The molecule has 8 aromatic rings. The Morgan fingerprint density at radius 2 is 1.02 bits per heavy atom. The molecule has 0 radical (unpaired) electrons. The summed E-state index contributed by atoms with van der Waals surface area (Å²) in [7, 11) is 0. The highest BCUT2D eigenvalue weighted by Crippen LogP contribution is 2.37. The topological polar surface area (TPSA) is 51.8 Å². The summed E-state index contributed by atoms with van der Waals surface area (Å²) >= 11 is 0. The Balaban J connectivity index is 1.40. The van der Waals surface area contributed by atoms with E-state index in [0.29, 0.717) is 17.5 Å². The first-order valence-corrected chi connectivity index (χ1v) is 13.6. The van der Waals surface area contributed by atoms with Crippen LogP contribution in [0, 0.1) is 0 Å². The zero-order valence-electron chi connectivity index (χ0n) is 22.0. The van der Waals surface area contributed by atoms with Gasteiger partial charge in [0.15, 0.2) is 17.5 Å². The second kappa shape index (κ2) is 9.54. The lowest BCUT2D eigenvalue weighted by Gasteiger charge is -2.12. The van der Waals surface area contributed by atoms with Crippen molar-refractivity contribution in [3.63, 3.8) is 0 Å². The van der Waals surface area contributed by atoms with Crippen LogP contribution in [0.25, 0.3) is 78.0 Å². The van der Waals surface area contributed by atoms with E-state index in [1.807, 2.05) is 66.7 Å². The largest absolute Gasteiger partial charge is 0.456 e. The van der Waals surface area contributed by atoms with E-state index in [2.05, 4.69) is 72.8 Å². The highest BCUT2D eigenvalue weighted by molar-refractivity contribution is 6.11. The Kier molecular flexibility index (Phi) is 5.42. The maximum Gasteiger partial charge on any atom is 0.164 e. The summed E-state index contributed by atoms with van der Waals surface area (Å²) in [6, 6.07) is 47.5. The van der Waals surface area contributed by atoms with Gasteiger partial charge in [-0.2, -0.15) is 0 Å². The number of hydrogen-bond donors (Lipinski definition) is 0. The average Bonchev–Trinajstić information content (AvgIpc) is 3.44. The van der Waals surface area contributed by atoms with E-state index in [0.717, 1.165) is 55.0 Å². The molecule has 8 rings (SSSR count). The van der Waals surface area contributed by atoms with Crippen molar-refractivity contribution in [3.8, 4) is 45.3 Å². The Labute approximate surface area is 236 Å². The summed E-state index contributed by atoms with van der Waals surface area (Å²) in [5.74, 6) is 1.88. The number of para-hydroxylation sites is 1. The van der Waals surface area contributed by atoms with Gasteiger partial charge in [-0.05, 0) is 40.1 Å². The minimum absolute atomic E-state index is 0.613. The molecule has 0 fully saturated rings. The minimum Gasteiger partial charge on any atom is -0.456 e. The van der Waals surface area contributed by atoms with Gasteiger partial charge in [-0.25, -0.2) is 15.0 Å². The van der Waals surface area contributed by atoms with Crippen molar-refractivity contribution in [2.45, 2.75) is 0 Å². The van der Waals surface area contributed by atoms with Gasteiger partial charge in [-0.1, -0.05) is 121 Å². The molecular weight excluding hydrogens is 502 g/mol. The number of hydrogen-bond acceptors (Lipinski definition) is 4. The highest BCUT2D eigenvalue weighted by atomic mass is 16.3. The molecule has 2 heterocycles. The first-order chi connectivity index (χ1) is 20.3. The maximum absolute atomic E-state index is 6.19. The number of aromatic nitrogens is 3. The van der Waals surface area contributed by atoms with Crippen LogP contribution in [0.2, 0.25) is 0 Å². The summed E-state index contributed by atoms with van der Waals surface area (Å²) in [5, 5.41) is 4.27. The predicted molar refractivity (Wildman–Crippen MR) is 166 cm³/mol. The zero-order valence-corrected chi connectivity index (χ0v) is 22.0. The Morgan fingerprint density at radius 3 is 1.85 bits per heavy atom. The minimum atomic E-state index is 0.613. The van der Waals surface area contributed by atoms with E-state index in [1.54, 1.807) is 0 Å². The molecule has 0 saturated carbocycles. The molecule has 0 unspecified atom stereocenters. The van der Waals surface area contributed by atoms with E-state index in [4.69, 9.17) is 19.4 Å². The van der Waals surface area contributed by atoms with Crippen molar-refractivity contribution in [2.75, 3.05) is 0 Å². The summed E-state index contributed by atoms with van der Waals surface area (Å²) in [6.07, 6.45) is 0. The SMILES string of the molecule is c1ccc(-c2ccc3cccc(-c4nc(-c5ccccc5)nc(-c5cccc6oc7ccccc7c56)n4)c3c2)cc1. The molecule has 0 atom stereocenters. The fraction of sp³-hybridized carbons (Fsp3) is 0. The van der Waals surface area contributed by atoms with Gasteiger partial charge in [0, 0.05) is 27.5 Å². The van der Waals surface area contributed by atoms with Crippen LogP contribution < -0.4 is 0 Å². The number of benzene rings is 6. The van der Waals surface area contributed by atoms with Crippen molar-refractivity contribution >= 4 is 32.7 Å². The van der Waals surface area contributed by atoms with Crippen LogP contribution in [-0.2, 0) is 0 Å². The molecule has 0 spiro atoms. The molecule has 192 valence electrons. The Bertz CT molecular complexity index is 2200. The molecule has 4 heteroatoms. The third-order valence-electron chi connectivity index (χ3n) is 7.54. The van der Waals surface area contributed by atoms with Crippen LogP contribution in [0.4, 0.5) is 0 Å². The lowest BCUT2D eigenvalue weighted by atomic mass is 9.98. The highest BCUT2D eigenvalue weighted by Gasteiger charge is 2.18. The van der Waals surface area contributed by atoms with Crippen LogP contribution in [0.1, 0.15) is 0 Å². The van der Waals surface area contributed by atoms with Crippen LogP contribution in [0.3, 0.4) is 0 Å². The van der Waals surface area contributed by atoms with Crippen molar-refractivity contribution < 1.29 is 4.42 Å². The zero-order chi connectivity index (χ0) is 27.2. The van der Waals surface area contributed by atoms with E-state index in [1.165, 1.54) is 5.56 Å². The molecule has 6 aromatic carbocycles. The molecule has 2 aromatic heterocycles. The molecule has 0 saturated heterocycles. The van der Waals surface area contributed by atoms with Crippen molar-refractivity contribution in [1.82, 2.24) is 15.0 Å². The van der Waals surface area contributed by atoms with Crippen LogP contribution in [0.15, 0.2) is 144 Å². The molecule has 0 bridgehead atoms. The second-order valence-electron chi connectivity index (χ2n) is 10.1. The van der Waals surface area contributed by atoms with Gasteiger partial charge in [0.1, 0.15) is 11.2 Å². The molecule has 0 amide bonds. The smallest absolute Gasteiger partial charge is 0.164 e. The molecule has 41 heavy (non-hydrogen) atoms. The molecule has 0 aliphatic rings.